The van der Waals surface area contributed by atoms with Crippen molar-refractivity contribution < 1.29 is 14.0 Å². The van der Waals surface area contributed by atoms with Gasteiger partial charge < -0.3 is 9.16 Å². The van der Waals surface area contributed by atoms with Crippen LogP contribution < -0.4 is 0 Å². The lowest BCUT2D eigenvalue weighted by Gasteiger charge is -2.36. The normalized spacial score (nSPS) is 12.6. The van der Waals surface area contributed by atoms with Gasteiger partial charge in [-0.25, -0.2) is 0 Å². The Bertz CT molecular complexity index is 231. The molecule has 0 aliphatic rings. The third kappa shape index (κ3) is 6.84. The van der Waals surface area contributed by atoms with Crippen LogP contribution in [0.4, 0.5) is 0 Å². The zero-order valence-electron chi connectivity index (χ0n) is 12.3. The average Bonchev–Trinajstić information content (AvgIpc) is 2.21. The minimum absolute atomic E-state index is 0.115. The summed E-state index contributed by atoms with van der Waals surface area (Å²) in [5.74, 6) is -0.115. The molecule has 0 heterocycles. The quantitative estimate of drug-likeness (QED) is 0.397. The van der Waals surface area contributed by atoms with Crippen molar-refractivity contribution in [3.8, 4) is 0 Å². The predicted octanol–water partition coefficient (Wildman–Crippen LogP) is 3.74. The van der Waals surface area contributed by atoms with Crippen molar-refractivity contribution in [2.45, 2.75) is 64.6 Å². The molecule has 0 amide bonds. The Morgan fingerprint density at radius 1 is 1.12 bits per heavy atom. The largest absolute Gasteiger partial charge is 0.469 e. The molecule has 0 radical (unpaired) electrons. The van der Waals surface area contributed by atoms with Crippen LogP contribution in [0.15, 0.2) is 0 Å². The molecule has 0 spiro atoms. The number of hydrogen-bond donors (Lipinski definition) is 0. The number of hydrogen-bond acceptors (Lipinski definition) is 3. The zero-order valence-corrected chi connectivity index (χ0v) is 13.3. The summed E-state index contributed by atoms with van der Waals surface area (Å²) in [5.41, 5.74) is 0. The standard InChI is InChI=1S/C13H28O3Si/c1-13(2,3)17(5,6)16-11-9-7-8-10-12(14)15-4/h7-11H2,1-6H3. The summed E-state index contributed by atoms with van der Waals surface area (Å²) in [6.45, 7) is 12.1. The monoisotopic (exact) mass is 260 g/mol. The minimum Gasteiger partial charge on any atom is -0.469 e. The van der Waals surface area contributed by atoms with Crippen LogP contribution in [0.2, 0.25) is 18.1 Å². The summed E-state index contributed by atoms with van der Waals surface area (Å²) in [4.78, 5) is 10.9. The van der Waals surface area contributed by atoms with E-state index in [1.165, 1.54) is 7.11 Å². The summed E-state index contributed by atoms with van der Waals surface area (Å²) >= 11 is 0. The van der Waals surface area contributed by atoms with Gasteiger partial charge in [-0.3, -0.25) is 4.79 Å². The van der Waals surface area contributed by atoms with Gasteiger partial charge in [0.15, 0.2) is 8.32 Å². The topological polar surface area (TPSA) is 35.5 Å². The summed E-state index contributed by atoms with van der Waals surface area (Å²) in [5, 5.41) is 0.277. The Kier molecular flexibility index (Phi) is 7.01. The second kappa shape index (κ2) is 7.16. The van der Waals surface area contributed by atoms with Crippen molar-refractivity contribution in [2.75, 3.05) is 13.7 Å². The number of esters is 1. The van der Waals surface area contributed by atoms with Crippen LogP contribution in [0.5, 0.6) is 0 Å². The fourth-order valence-corrected chi connectivity index (χ4v) is 2.28. The van der Waals surface area contributed by atoms with Gasteiger partial charge in [0.1, 0.15) is 0 Å². The van der Waals surface area contributed by atoms with E-state index in [0.717, 1.165) is 25.9 Å². The van der Waals surface area contributed by atoms with Crippen LogP contribution in [0, 0.1) is 0 Å². The van der Waals surface area contributed by atoms with E-state index < -0.39 is 8.32 Å². The number of carbonyl (C=O) groups excluding carboxylic acids is 1. The number of methoxy groups -OCH3 is 1. The van der Waals surface area contributed by atoms with E-state index in [-0.39, 0.29) is 11.0 Å². The molecule has 0 saturated heterocycles. The van der Waals surface area contributed by atoms with Crippen LogP contribution in [0.1, 0.15) is 46.5 Å². The molecule has 0 fully saturated rings. The van der Waals surface area contributed by atoms with Crippen molar-refractivity contribution in [2.24, 2.45) is 0 Å². The van der Waals surface area contributed by atoms with E-state index in [9.17, 15) is 4.79 Å². The highest BCUT2D eigenvalue weighted by Gasteiger charge is 2.36. The molecule has 0 aliphatic heterocycles. The van der Waals surface area contributed by atoms with Gasteiger partial charge in [0.05, 0.1) is 7.11 Å². The lowest BCUT2D eigenvalue weighted by atomic mass is 10.2. The Hall–Kier alpha value is -0.353. The third-order valence-corrected chi connectivity index (χ3v) is 8.06. The molecule has 0 aromatic carbocycles. The van der Waals surface area contributed by atoms with Crippen LogP contribution >= 0.6 is 0 Å². The third-order valence-electron chi connectivity index (χ3n) is 3.52. The Balaban J connectivity index is 3.62. The smallest absolute Gasteiger partial charge is 0.305 e. The van der Waals surface area contributed by atoms with E-state index >= 15 is 0 Å². The lowest BCUT2D eigenvalue weighted by Crippen LogP contribution is -2.40. The first kappa shape index (κ1) is 16.6. The molecule has 102 valence electrons. The summed E-state index contributed by atoms with van der Waals surface area (Å²) < 4.78 is 10.6. The van der Waals surface area contributed by atoms with Gasteiger partial charge >= 0.3 is 5.97 Å². The van der Waals surface area contributed by atoms with Crippen LogP contribution in [-0.2, 0) is 14.0 Å². The second-order valence-electron chi connectivity index (χ2n) is 6.00. The Morgan fingerprint density at radius 3 is 2.18 bits per heavy atom. The molecule has 3 nitrogen and oxygen atoms in total. The van der Waals surface area contributed by atoms with E-state index in [1.807, 2.05) is 0 Å². The molecule has 0 aromatic heterocycles. The zero-order chi connectivity index (χ0) is 13.5. The molecule has 0 unspecified atom stereocenters. The van der Waals surface area contributed by atoms with E-state index in [1.54, 1.807) is 0 Å². The molecule has 17 heavy (non-hydrogen) atoms. The fraction of sp³-hybridized carbons (Fsp3) is 0.923. The highest BCUT2D eigenvalue weighted by Crippen LogP contribution is 2.36. The summed E-state index contributed by atoms with van der Waals surface area (Å²) in [6, 6.07) is 0. The number of carbonyl (C=O) groups is 1. The van der Waals surface area contributed by atoms with Crippen molar-refractivity contribution in [3.63, 3.8) is 0 Å². The van der Waals surface area contributed by atoms with Gasteiger partial charge in [-0.05, 0) is 31.0 Å². The molecule has 0 bridgehead atoms. The number of rotatable bonds is 7. The van der Waals surface area contributed by atoms with Gasteiger partial charge in [-0.2, -0.15) is 0 Å². The minimum atomic E-state index is -1.59. The van der Waals surface area contributed by atoms with Crippen LogP contribution in [0.3, 0.4) is 0 Å². The van der Waals surface area contributed by atoms with Gasteiger partial charge in [0, 0.05) is 13.0 Å². The molecule has 0 aliphatic carbocycles. The highest BCUT2D eigenvalue weighted by atomic mass is 28.4. The average molecular weight is 260 g/mol. The van der Waals surface area contributed by atoms with Crippen molar-refractivity contribution in [3.05, 3.63) is 0 Å². The van der Waals surface area contributed by atoms with Crippen molar-refractivity contribution in [1.29, 1.82) is 0 Å². The van der Waals surface area contributed by atoms with Crippen LogP contribution in [0.25, 0.3) is 0 Å². The maximum atomic E-state index is 10.9. The molecule has 0 saturated carbocycles. The highest BCUT2D eigenvalue weighted by molar-refractivity contribution is 6.74. The fourth-order valence-electron chi connectivity index (χ4n) is 1.19. The number of ether oxygens (including phenoxy) is 1. The molecule has 0 rings (SSSR count). The van der Waals surface area contributed by atoms with Gasteiger partial charge in [-0.15, -0.1) is 0 Å². The van der Waals surface area contributed by atoms with E-state index in [0.29, 0.717) is 6.42 Å². The van der Waals surface area contributed by atoms with Gasteiger partial charge in [0.2, 0.25) is 0 Å². The maximum Gasteiger partial charge on any atom is 0.305 e. The maximum absolute atomic E-state index is 10.9. The molecule has 4 heteroatoms. The van der Waals surface area contributed by atoms with Gasteiger partial charge in [0.25, 0.3) is 0 Å². The predicted molar refractivity (Wildman–Crippen MR) is 73.6 cm³/mol. The van der Waals surface area contributed by atoms with Gasteiger partial charge in [-0.1, -0.05) is 27.2 Å². The van der Waals surface area contributed by atoms with E-state index in [4.69, 9.17) is 4.43 Å². The molecule has 0 N–H and O–H groups in total. The van der Waals surface area contributed by atoms with Crippen LogP contribution in [-0.4, -0.2) is 28.0 Å². The number of unbranched alkanes of at least 4 members (excludes halogenated alkanes) is 2. The molecular weight excluding hydrogens is 232 g/mol. The summed E-state index contributed by atoms with van der Waals surface area (Å²) in [7, 11) is -0.152. The Labute approximate surface area is 107 Å². The summed E-state index contributed by atoms with van der Waals surface area (Å²) in [6.07, 6.45) is 3.48. The SMILES string of the molecule is COC(=O)CCCCCO[Si](C)(C)C(C)(C)C. The van der Waals surface area contributed by atoms with Crippen molar-refractivity contribution in [1.82, 2.24) is 0 Å². The van der Waals surface area contributed by atoms with Crippen molar-refractivity contribution >= 4 is 14.3 Å². The van der Waals surface area contributed by atoms with E-state index in [2.05, 4.69) is 38.6 Å². The molecular formula is C13H28O3Si. The Morgan fingerprint density at radius 2 is 1.71 bits per heavy atom. The molecule has 0 aromatic rings. The lowest BCUT2D eigenvalue weighted by molar-refractivity contribution is -0.140. The first-order valence-corrected chi connectivity index (χ1v) is 9.32. The second-order valence-corrected chi connectivity index (χ2v) is 10.8. The first-order valence-electron chi connectivity index (χ1n) is 6.41. The first-order chi connectivity index (χ1) is 7.70. The molecule has 0 atom stereocenters.